The van der Waals surface area contributed by atoms with Gasteiger partial charge in [-0.05, 0) is 93.1 Å². The van der Waals surface area contributed by atoms with Crippen LogP contribution in [-0.4, -0.2) is 0 Å². The van der Waals surface area contributed by atoms with Gasteiger partial charge in [0.15, 0.2) is 0 Å². The fourth-order valence-corrected chi connectivity index (χ4v) is 8.00. The number of nitrogens with zero attached hydrogens (tertiary/aromatic N) is 1. The largest absolute Gasteiger partial charge is 0.456 e. The molecule has 0 unspecified atom stereocenters. The van der Waals surface area contributed by atoms with Crippen molar-refractivity contribution in [3.05, 3.63) is 200 Å². The van der Waals surface area contributed by atoms with Gasteiger partial charge in [0.2, 0.25) is 0 Å². The molecule has 11 rings (SSSR count). The summed E-state index contributed by atoms with van der Waals surface area (Å²) in [6.45, 7) is 0. The molecule has 3 heteroatoms. The molecule has 0 amide bonds. The molecule has 0 aliphatic rings. The lowest BCUT2D eigenvalue weighted by molar-refractivity contribution is 0.669. The summed E-state index contributed by atoms with van der Waals surface area (Å²) in [6.07, 6.45) is 0. The number of anilines is 3. The van der Waals surface area contributed by atoms with E-state index in [1.165, 1.54) is 0 Å². The molecule has 0 fully saturated rings. The van der Waals surface area contributed by atoms with E-state index >= 15 is 0 Å². The van der Waals surface area contributed by atoms with E-state index in [1.807, 2.05) is 126 Å². The predicted octanol–water partition coefficient (Wildman–Crippen LogP) is 15.1. The zero-order valence-electron chi connectivity index (χ0n) is 33.5. The monoisotopic (exact) mass is 707 g/mol. The van der Waals surface area contributed by atoms with Gasteiger partial charge in [0, 0.05) is 44.2 Å². The van der Waals surface area contributed by atoms with E-state index in [1.54, 1.807) is 0 Å². The van der Waals surface area contributed by atoms with Crippen LogP contribution in [0.1, 0.15) is 5.48 Å². The molecular weight excluding hydrogens is 671 g/mol. The van der Waals surface area contributed by atoms with Crippen LogP contribution in [0.3, 0.4) is 0 Å². The number of hydrogen-bond acceptors (Lipinski definition) is 3. The molecule has 11 aromatic rings. The summed E-state index contributed by atoms with van der Waals surface area (Å²) in [5, 5.41) is 6.16. The SMILES string of the molecule is [2H]c1c([2H])c(-c2cccc3c2oc2ccccc23)c([2H])c(N(c2ccc(-c3cccc4ccccc34)cc2)c2ccc(-c3cccc4oc5ccccc5c34)cc2)c1[2H]. The van der Waals surface area contributed by atoms with Gasteiger partial charge in [-0.3, -0.25) is 0 Å². The molecule has 0 atom stereocenters. The number of furan rings is 2. The fourth-order valence-electron chi connectivity index (χ4n) is 8.00. The Balaban J connectivity index is 1.11. The van der Waals surface area contributed by atoms with E-state index in [9.17, 15) is 5.48 Å². The zero-order valence-corrected chi connectivity index (χ0v) is 29.5. The van der Waals surface area contributed by atoms with Crippen LogP contribution in [-0.2, 0) is 0 Å². The summed E-state index contributed by atoms with van der Waals surface area (Å²) >= 11 is 0. The number of fused-ring (bicyclic) bond motifs is 7. The average molecular weight is 708 g/mol. The highest BCUT2D eigenvalue weighted by atomic mass is 16.3. The Morgan fingerprint density at radius 1 is 0.382 bits per heavy atom. The minimum atomic E-state index is -0.272. The van der Waals surface area contributed by atoms with Crippen LogP contribution in [0, 0.1) is 0 Å². The summed E-state index contributed by atoms with van der Waals surface area (Å²) in [5.74, 6) is 0. The van der Waals surface area contributed by atoms with Crippen LogP contribution in [0.4, 0.5) is 17.1 Å². The Bertz CT molecular complexity index is 3440. The maximum atomic E-state index is 9.88. The van der Waals surface area contributed by atoms with Gasteiger partial charge < -0.3 is 13.7 Å². The number of hydrogen-bond donors (Lipinski definition) is 0. The predicted molar refractivity (Wildman–Crippen MR) is 229 cm³/mol. The van der Waals surface area contributed by atoms with Crippen LogP contribution in [0.25, 0.3) is 88.0 Å². The smallest absolute Gasteiger partial charge is 0.143 e. The van der Waals surface area contributed by atoms with Gasteiger partial charge in [0.05, 0.1) is 5.48 Å². The first-order chi connectivity index (χ1) is 28.9. The number of benzene rings is 9. The average Bonchev–Trinajstić information content (AvgIpc) is 3.87. The van der Waals surface area contributed by atoms with Crippen molar-refractivity contribution in [2.45, 2.75) is 0 Å². The van der Waals surface area contributed by atoms with Crippen LogP contribution in [0.2, 0.25) is 0 Å². The lowest BCUT2D eigenvalue weighted by atomic mass is 9.97. The highest BCUT2D eigenvalue weighted by Crippen LogP contribution is 2.42. The topological polar surface area (TPSA) is 29.5 Å². The summed E-state index contributed by atoms with van der Waals surface area (Å²) in [4.78, 5) is 1.87. The molecule has 0 N–H and O–H groups in total. The van der Waals surface area contributed by atoms with E-state index in [4.69, 9.17) is 8.83 Å². The number of para-hydroxylation sites is 3. The molecule has 3 nitrogen and oxygen atoms in total. The summed E-state index contributed by atoms with van der Waals surface area (Å²) in [7, 11) is 0. The molecule has 55 heavy (non-hydrogen) atoms. The lowest BCUT2D eigenvalue weighted by Gasteiger charge is -2.26. The van der Waals surface area contributed by atoms with Gasteiger partial charge in [-0.15, -0.1) is 0 Å². The molecule has 258 valence electrons. The van der Waals surface area contributed by atoms with Crippen molar-refractivity contribution in [2.75, 3.05) is 4.90 Å². The van der Waals surface area contributed by atoms with Crippen molar-refractivity contribution in [3.63, 3.8) is 0 Å². The van der Waals surface area contributed by atoms with Gasteiger partial charge in [0.25, 0.3) is 0 Å². The first-order valence-electron chi connectivity index (χ1n) is 20.3. The Morgan fingerprint density at radius 3 is 1.75 bits per heavy atom. The Hall–Kier alpha value is -7.36. The van der Waals surface area contributed by atoms with Crippen molar-refractivity contribution in [3.8, 4) is 33.4 Å². The van der Waals surface area contributed by atoms with E-state index in [-0.39, 0.29) is 35.4 Å². The Morgan fingerprint density at radius 2 is 0.945 bits per heavy atom. The second kappa shape index (κ2) is 12.6. The molecule has 0 radical (unpaired) electrons. The molecule has 0 aliphatic carbocycles. The van der Waals surface area contributed by atoms with Crippen LogP contribution in [0.15, 0.2) is 209 Å². The van der Waals surface area contributed by atoms with Gasteiger partial charge >= 0.3 is 0 Å². The van der Waals surface area contributed by atoms with Gasteiger partial charge in [-0.1, -0.05) is 146 Å². The first-order valence-corrected chi connectivity index (χ1v) is 18.3. The molecule has 0 aliphatic heterocycles. The van der Waals surface area contributed by atoms with Crippen molar-refractivity contribution in [2.24, 2.45) is 0 Å². The fraction of sp³-hybridized carbons (Fsp3) is 0. The van der Waals surface area contributed by atoms with Crippen LogP contribution in [0.5, 0.6) is 0 Å². The summed E-state index contributed by atoms with van der Waals surface area (Å²) in [5.41, 5.74) is 9.37. The normalized spacial score (nSPS) is 12.7. The Kier molecular flexibility index (Phi) is 6.27. The minimum absolute atomic E-state index is 0.0409. The zero-order chi connectivity index (χ0) is 39.8. The summed E-state index contributed by atoms with van der Waals surface area (Å²) in [6, 6.07) is 57.7. The third kappa shape index (κ3) is 5.20. The highest BCUT2D eigenvalue weighted by Gasteiger charge is 2.18. The quantitative estimate of drug-likeness (QED) is 0.172. The maximum Gasteiger partial charge on any atom is 0.143 e. The van der Waals surface area contributed by atoms with E-state index in [0.717, 1.165) is 65.7 Å². The van der Waals surface area contributed by atoms with Crippen LogP contribution < -0.4 is 4.90 Å². The molecule has 0 saturated carbocycles. The third-order valence-electron chi connectivity index (χ3n) is 10.6. The second-order valence-corrected chi connectivity index (χ2v) is 13.7. The van der Waals surface area contributed by atoms with Gasteiger partial charge in [-0.2, -0.15) is 0 Å². The lowest BCUT2D eigenvalue weighted by Crippen LogP contribution is -2.10. The van der Waals surface area contributed by atoms with E-state index in [0.29, 0.717) is 28.1 Å². The molecular formula is C52H33NO2. The van der Waals surface area contributed by atoms with Crippen molar-refractivity contribution in [1.29, 1.82) is 0 Å². The Labute approximate surface area is 323 Å². The molecule has 0 saturated heterocycles. The van der Waals surface area contributed by atoms with Gasteiger partial charge in [-0.25, -0.2) is 0 Å². The van der Waals surface area contributed by atoms with E-state index < -0.39 is 0 Å². The summed E-state index contributed by atoms with van der Waals surface area (Å²) < 4.78 is 50.3. The van der Waals surface area contributed by atoms with Gasteiger partial charge in [0.1, 0.15) is 22.3 Å². The molecule has 0 bridgehead atoms. The van der Waals surface area contributed by atoms with Crippen molar-refractivity contribution in [1.82, 2.24) is 0 Å². The number of rotatable bonds is 6. The highest BCUT2D eigenvalue weighted by molar-refractivity contribution is 6.13. The molecule has 9 aromatic carbocycles. The molecule has 2 aromatic heterocycles. The molecule has 2 heterocycles. The second-order valence-electron chi connectivity index (χ2n) is 13.7. The molecule has 0 spiro atoms. The van der Waals surface area contributed by atoms with Crippen molar-refractivity contribution < 1.29 is 14.3 Å². The maximum absolute atomic E-state index is 9.88. The standard InChI is InChI=1S/C52H33NO2/c1-2-15-41-34(11-1)12-8-18-42(41)35-25-29-38(30-26-35)53(39-31-27-36(28-32-39)43-19-10-24-50-51(43)47-17-4-6-23-49(47)54-50)40-14-7-13-37(33-40)44-20-9-21-46-45-16-3-5-22-48(45)55-52(44)46/h1-33H/i7D,13D,14D,33D. The van der Waals surface area contributed by atoms with Crippen LogP contribution >= 0.6 is 0 Å². The third-order valence-corrected chi connectivity index (χ3v) is 10.6. The van der Waals surface area contributed by atoms with E-state index in [2.05, 4.69) is 54.6 Å². The van der Waals surface area contributed by atoms with Crippen molar-refractivity contribution >= 4 is 71.7 Å². The first kappa shape index (κ1) is 27.3. The minimum Gasteiger partial charge on any atom is -0.456 e.